The van der Waals surface area contributed by atoms with E-state index in [4.69, 9.17) is 16.3 Å². The Morgan fingerprint density at radius 2 is 1.85 bits per heavy atom. The Morgan fingerprint density at radius 3 is 2.55 bits per heavy atom. The van der Waals surface area contributed by atoms with Gasteiger partial charge in [0.25, 0.3) is 5.56 Å². The second-order valence-corrected chi connectivity index (χ2v) is 4.85. The molecule has 3 rings (SSSR count). The van der Waals surface area contributed by atoms with Crippen LogP contribution in [0.25, 0.3) is 22.0 Å². The molecule has 0 aliphatic rings. The molecule has 0 fully saturated rings. The van der Waals surface area contributed by atoms with E-state index < -0.39 is 0 Å². The summed E-state index contributed by atoms with van der Waals surface area (Å²) in [6, 6.07) is 14.6. The molecule has 0 saturated carbocycles. The van der Waals surface area contributed by atoms with E-state index in [0.717, 1.165) is 22.2 Å². The molecule has 0 unspecified atom stereocenters. The standard InChI is InChI=1S/C16H12ClNO2/c1-20-11-7-5-10(6-8-11)12-9-13-14(17)3-2-4-15(13)18-16(12)19/h2-9H,1H3,(H,18,19). The number of methoxy groups -OCH3 is 1. The SMILES string of the molecule is COc1ccc(-c2cc3c(Cl)cccc3[nH]c2=O)cc1. The average Bonchev–Trinajstić information content (AvgIpc) is 2.47. The summed E-state index contributed by atoms with van der Waals surface area (Å²) in [6.07, 6.45) is 0. The zero-order valence-corrected chi connectivity index (χ0v) is 11.6. The van der Waals surface area contributed by atoms with Crippen molar-refractivity contribution in [3.05, 3.63) is 63.9 Å². The molecular weight excluding hydrogens is 274 g/mol. The molecule has 0 aliphatic carbocycles. The summed E-state index contributed by atoms with van der Waals surface area (Å²) in [5.41, 5.74) is 2.02. The molecule has 0 atom stereocenters. The van der Waals surface area contributed by atoms with Crippen molar-refractivity contribution in [1.82, 2.24) is 4.98 Å². The lowest BCUT2D eigenvalue weighted by Gasteiger charge is -2.06. The summed E-state index contributed by atoms with van der Waals surface area (Å²) in [5.74, 6) is 0.754. The lowest BCUT2D eigenvalue weighted by molar-refractivity contribution is 0.415. The van der Waals surface area contributed by atoms with Crippen molar-refractivity contribution in [1.29, 1.82) is 0 Å². The van der Waals surface area contributed by atoms with Crippen molar-refractivity contribution < 1.29 is 4.74 Å². The van der Waals surface area contributed by atoms with Crippen LogP contribution in [-0.4, -0.2) is 12.1 Å². The molecule has 20 heavy (non-hydrogen) atoms. The minimum atomic E-state index is -0.134. The maximum atomic E-state index is 12.2. The predicted molar refractivity (Wildman–Crippen MR) is 81.6 cm³/mol. The summed E-state index contributed by atoms with van der Waals surface area (Å²) in [4.78, 5) is 15.0. The van der Waals surface area contributed by atoms with Gasteiger partial charge in [0, 0.05) is 21.5 Å². The first-order valence-electron chi connectivity index (χ1n) is 6.15. The van der Waals surface area contributed by atoms with Crippen LogP contribution >= 0.6 is 11.6 Å². The molecule has 0 saturated heterocycles. The van der Waals surface area contributed by atoms with Gasteiger partial charge in [-0.2, -0.15) is 0 Å². The van der Waals surface area contributed by atoms with Gasteiger partial charge in [0.05, 0.1) is 7.11 Å². The summed E-state index contributed by atoms with van der Waals surface area (Å²) in [7, 11) is 1.61. The average molecular weight is 286 g/mol. The molecule has 0 aliphatic heterocycles. The Hall–Kier alpha value is -2.26. The Kier molecular flexibility index (Phi) is 3.20. The number of ether oxygens (including phenoxy) is 1. The second kappa shape index (κ2) is 5.02. The van der Waals surface area contributed by atoms with Crippen LogP contribution in [0.3, 0.4) is 0 Å². The normalized spacial score (nSPS) is 10.7. The van der Waals surface area contributed by atoms with Gasteiger partial charge in [-0.1, -0.05) is 29.8 Å². The van der Waals surface area contributed by atoms with Crippen molar-refractivity contribution in [2.45, 2.75) is 0 Å². The van der Waals surface area contributed by atoms with E-state index in [0.29, 0.717) is 10.6 Å². The minimum absolute atomic E-state index is 0.134. The fraction of sp³-hybridized carbons (Fsp3) is 0.0625. The molecule has 0 bridgehead atoms. The number of H-pyrrole nitrogens is 1. The van der Waals surface area contributed by atoms with Crippen LogP contribution in [0, 0.1) is 0 Å². The van der Waals surface area contributed by atoms with Gasteiger partial charge in [0.1, 0.15) is 5.75 Å². The summed E-state index contributed by atoms with van der Waals surface area (Å²) < 4.78 is 5.12. The van der Waals surface area contributed by atoms with E-state index in [1.54, 1.807) is 13.2 Å². The summed E-state index contributed by atoms with van der Waals surface area (Å²) in [5, 5.41) is 1.45. The third-order valence-electron chi connectivity index (χ3n) is 3.24. The van der Waals surface area contributed by atoms with E-state index in [1.165, 1.54) is 0 Å². The molecule has 0 radical (unpaired) electrons. The Balaban J connectivity index is 2.22. The van der Waals surface area contributed by atoms with Gasteiger partial charge in [-0.25, -0.2) is 0 Å². The van der Waals surface area contributed by atoms with Crippen LogP contribution in [0.4, 0.5) is 0 Å². The Morgan fingerprint density at radius 1 is 1.10 bits per heavy atom. The van der Waals surface area contributed by atoms with Gasteiger partial charge >= 0.3 is 0 Å². The van der Waals surface area contributed by atoms with Crippen molar-refractivity contribution in [3.8, 4) is 16.9 Å². The predicted octanol–water partition coefficient (Wildman–Crippen LogP) is 3.86. The first-order chi connectivity index (χ1) is 9.69. The molecule has 100 valence electrons. The lowest BCUT2D eigenvalue weighted by Crippen LogP contribution is -2.08. The van der Waals surface area contributed by atoms with Crippen molar-refractivity contribution in [2.75, 3.05) is 7.11 Å². The van der Waals surface area contributed by atoms with E-state index in [1.807, 2.05) is 42.5 Å². The summed E-state index contributed by atoms with van der Waals surface area (Å²) in [6.45, 7) is 0. The maximum Gasteiger partial charge on any atom is 0.256 e. The molecule has 3 aromatic rings. The first kappa shape index (κ1) is 12.8. The van der Waals surface area contributed by atoms with Gasteiger partial charge in [-0.15, -0.1) is 0 Å². The Labute approximate surface area is 120 Å². The van der Waals surface area contributed by atoms with Crippen molar-refractivity contribution in [2.24, 2.45) is 0 Å². The number of nitrogens with one attached hydrogen (secondary N) is 1. The number of rotatable bonds is 2. The highest BCUT2D eigenvalue weighted by Gasteiger charge is 2.07. The summed E-state index contributed by atoms with van der Waals surface area (Å²) >= 11 is 6.17. The number of benzene rings is 2. The van der Waals surface area contributed by atoms with Crippen molar-refractivity contribution in [3.63, 3.8) is 0 Å². The minimum Gasteiger partial charge on any atom is -0.497 e. The molecule has 2 aromatic carbocycles. The van der Waals surface area contributed by atoms with Gasteiger partial charge < -0.3 is 9.72 Å². The molecule has 1 heterocycles. The smallest absolute Gasteiger partial charge is 0.256 e. The van der Waals surface area contributed by atoms with Crippen LogP contribution in [0.5, 0.6) is 5.75 Å². The van der Waals surface area contributed by atoms with E-state index in [-0.39, 0.29) is 5.56 Å². The zero-order chi connectivity index (χ0) is 14.1. The molecule has 0 spiro atoms. The highest BCUT2D eigenvalue weighted by Crippen LogP contribution is 2.26. The first-order valence-corrected chi connectivity index (χ1v) is 6.53. The second-order valence-electron chi connectivity index (χ2n) is 4.44. The van der Waals surface area contributed by atoms with Crippen LogP contribution in [0.15, 0.2) is 53.3 Å². The molecule has 0 amide bonds. The number of hydrogen-bond acceptors (Lipinski definition) is 2. The third kappa shape index (κ3) is 2.17. The van der Waals surface area contributed by atoms with Crippen LogP contribution in [0.2, 0.25) is 5.02 Å². The number of fused-ring (bicyclic) bond motifs is 1. The largest absolute Gasteiger partial charge is 0.497 e. The van der Waals surface area contributed by atoms with Gasteiger partial charge in [0.15, 0.2) is 0 Å². The van der Waals surface area contributed by atoms with Crippen LogP contribution in [-0.2, 0) is 0 Å². The number of aromatic nitrogens is 1. The number of pyridine rings is 1. The topological polar surface area (TPSA) is 42.1 Å². The van der Waals surface area contributed by atoms with Gasteiger partial charge in [-0.05, 0) is 35.9 Å². The molecular formula is C16H12ClNO2. The number of halogens is 1. The number of hydrogen-bond donors (Lipinski definition) is 1. The molecule has 4 heteroatoms. The highest BCUT2D eigenvalue weighted by molar-refractivity contribution is 6.35. The third-order valence-corrected chi connectivity index (χ3v) is 3.57. The zero-order valence-electron chi connectivity index (χ0n) is 10.8. The van der Waals surface area contributed by atoms with Gasteiger partial charge in [-0.3, -0.25) is 4.79 Å². The van der Waals surface area contributed by atoms with E-state index in [2.05, 4.69) is 4.98 Å². The van der Waals surface area contributed by atoms with E-state index >= 15 is 0 Å². The maximum absolute atomic E-state index is 12.2. The number of aromatic amines is 1. The van der Waals surface area contributed by atoms with Crippen molar-refractivity contribution >= 4 is 22.5 Å². The van der Waals surface area contributed by atoms with Crippen LogP contribution < -0.4 is 10.3 Å². The van der Waals surface area contributed by atoms with Crippen LogP contribution in [0.1, 0.15) is 0 Å². The fourth-order valence-corrected chi connectivity index (χ4v) is 2.41. The Bertz CT molecular complexity index is 822. The molecule has 1 N–H and O–H groups in total. The van der Waals surface area contributed by atoms with Gasteiger partial charge in [0.2, 0.25) is 0 Å². The highest BCUT2D eigenvalue weighted by atomic mass is 35.5. The molecule has 1 aromatic heterocycles. The molecule has 3 nitrogen and oxygen atoms in total. The quantitative estimate of drug-likeness (QED) is 0.777. The lowest BCUT2D eigenvalue weighted by atomic mass is 10.0. The monoisotopic (exact) mass is 285 g/mol. The van der Waals surface area contributed by atoms with E-state index in [9.17, 15) is 4.79 Å². The fourth-order valence-electron chi connectivity index (χ4n) is 2.18.